The van der Waals surface area contributed by atoms with Gasteiger partial charge in [0, 0.05) is 5.56 Å². The van der Waals surface area contributed by atoms with Crippen molar-refractivity contribution in [2.45, 2.75) is 19.3 Å². The zero-order valence-electron chi connectivity index (χ0n) is 13.9. The molecule has 1 amide bonds. The molecular weight excluding hydrogens is 369 g/mol. The number of aromatic nitrogens is 5. The van der Waals surface area contributed by atoms with Gasteiger partial charge in [-0.15, -0.1) is 0 Å². The Hall–Kier alpha value is -3.28. The molecule has 27 heavy (non-hydrogen) atoms. The molecule has 0 aliphatic heterocycles. The zero-order valence-corrected chi connectivity index (χ0v) is 13.9. The van der Waals surface area contributed by atoms with Crippen LogP contribution < -0.4 is 0 Å². The Balaban J connectivity index is 1.67. The fraction of sp³-hybridized carbons (Fsp3) is 0.267. The third-order valence-corrected chi connectivity index (χ3v) is 3.47. The molecule has 2 aromatic heterocycles. The summed E-state index contributed by atoms with van der Waals surface area (Å²) in [4.78, 5) is 24.4. The number of carbonyl (C=O) groups excluding carboxylic acids is 1. The molecule has 1 aromatic carbocycles. The lowest BCUT2D eigenvalue weighted by Gasteiger charge is -2.19. The summed E-state index contributed by atoms with van der Waals surface area (Å²) in [5.74, 6) is -1.94. The van der Waals surface area contributed by atoms with Crippen LogP contribution in [0.15, 0.2) is 41.4 Å². The molecule has 142 valence electrons. The Morgan fingerprint density at radius 3 is 2.59 bits per heavy atom. The van der Waals surface area contributed by atoms with Gasteiger partial charge < -0.3 is 4.52 Å². The van der Waals surface area contributed by atoms with E-state index in [2.05, 4.69) is 24.7 Å². The summed E-state index contributed by atoms with van der Waals surface area (Å²) < 4.78 is 43.1. The molecule has 3 rings (SSSR count). The topological polar surface area (TPSA) is 99.2 Å². The third kappa shape index (κ3) is 4.47. The minimum atomic E-state index is -4.70. The number of benzene rings is 1. The quantitative estimate of drug-likeness (QED) is 0.601. The van der Waals surface area contributed by atoms with Crippen LogP contribution >= 0.6 is 0 Å². The van der Waals surface area contributed by atoms with Crippen LogP contribution in [0.2, 0.25) is 0 Å². The summed E-state index contributed by atoms with van der Waals surface area (Å²) in [5, 5.41) is 8.29. The molecule has 0 fully saturated rings. The number of halogens is 3. The van der Waals surface area contributed by atoms with Gasteiger partial charge in [0.2, 0.25) is 5.82 Å². The van der Waals surface area contributed by atoms with E-state index in [-0.39, 0.29) is 24.8 Å². The molecule has 9 nitrogen and oxygen atoms in total. The van der Waals surface area contributed by atoms with Crippen LogP contribution in [0.5, 0.6) is 0 Å². The first kappa shape index (κ1) is 18.5. The summed E-state index contributed by atoms with van der Waals surface area (Å²) >= 11 is 0. The molecule has 0 aliphatic carbocycles. The van der Waals surface area contributed by atoms with Crippen molar-refractivity contribution in [2.24, 2.45) is 0 Å². The van der Waals surface area contributed by atoms with Gasteiger partial charge in [-0.05, 0) is 5.56 Å². The van der Waals surface area contributed by atoms with Crippen LogP contribution in [-0.4, -0.2) is 43.0 Å². The molecular formula is C15H13F3N6O3. The highest BCUT2D eigenvalue weighted by Crippen LogP contribution is 2.29. The van der Waals surface area contributed by atoms with Gasteiger partial charge in [0.1, 0.15) is 19.2 Å². The first-order valence-electron chi connectivity index (χ1n) is 7.54. The number of hydroxylamine groups is 2. The van der Waals surface area contributed by atoms with E-state index in [4.69, 9.17) is 4.84 Å². The van der Waals surface area contributed by atoms with Gasteiger partial charge in [0.25, 0.3) is 5.91 Å². The van der Waals surface area contributed by atoms with E-state index >= 15 is 0 Å². The molecule has 0 unspecified atom stereocenters. The fourth-order valence-corrected chi connectivity index (χ4v) is 2.17. The second-order valence-corrected chi connectivity index (χ2v) is 5.32. The van der Waals surface area contributed by atoms with E-state index in [1.165, 1.54) is 36.6 Å². The van der Waals surface area contributed by atoms with Gasteiger partial charge in [-0.25, -0.2) is 14.7 Å². The first-order chi connectivity index (χ1) is 12.9. The second-order valence-electron chi connectivity index (χ2n) is 5.32. The normalized spacial score (nSPS) is 11.6. The lowest BCUT2D eigenvalue weighted by Crippen LogP contribution is -2.32. The standard InChI is InChI=1S/C15H13F3N6O3/c1-26-24(12(25)7-23-9-19-8-20-23)6-10-2-4-11(5-3-10)13-21-14(27-22-13)15(16,17)18/h2-5,8-9H,6-7H2,1H3. The number of carbonyl (C=O) groups is 1. The molecule has 0 atom stereocenters. The number of rotatable bonds is 6. The average Bonchev–Trinajstić information content (AvgIpc) is 3.31. The van der Waals surface area contributed by atoms with Crippen molar-refractivity contribution in [2.75, 3.05) is 7.11 Å². The minimum Gasteiger partial charge on any atom is -0.329 e. The van der Waals surface area contributed by atoms with Crippen LogP contribution in [0.25, 0.3) is 11.4 Å². The molecule has 0 N–H and O–H groups in total. The fourth-order valence-electron chi connectivity index (χ4n) is 2.17. The maximum absolute atomic E-state index is 12.5. The van der Waals surface area contributed by atoms with Crippen molar-refractivity contribution in [3.05, 3.63) is 48.4 Å². The zero-order chi connectivity index (χ0) is 19.4. The van der Waals surface area contributed by atoms with Gasteiger partial charge in [-0.3, -0.25) is 9.63 Å². The number of hydrogen-bond donors (Lipinski definition) is 0. The Labute approximate surface area is 150 Å². The maximum atomic E-state index is 12.5. The van der Waals surface area contributed by atoms with Gasteiger partial charge in [-0.1, -0.05) is 29.4 Å². The highest BCUT2D eigenvalue weighted by Gasteiger charge is 2.38. The lowest BCUT2D eigenvalue weighted by molar-refractivity contribution is -0.180. The van der Waals surface area contributed by atoms with Crippen molar-refractivity contribution in [1.29, 1.82) is 0 Å². The largest absolute Gasteiger partial charge is 0.471 e. The number of nitrogens with zero attached hydrogens (tertiary/aromatic N) is 6. The molecule has 0 aliphatic rings. The molecule has 0 saturated heterocycles. The van der Waals surface area contributed by atoms with Crippen LogP contribution in [0.4, 0.5) is 13.2 Å². The van der Waals surface area contributed by atoms with Gasteiger partial charge in [0.15, 0.2) is 0 Å². The predicted molar refractivity (Wildman–Crippen MR) is 82.3 cm³/mol. The molecule has 0 radical (unpaired) electrons. The van der Waals surface area contributed by atoms with Crippen molar-refractivity contribution in [1.82, 2.24) is 30.0 Å². The molecule has 12 heteroatoms. The van der Waals surface area contributed by atoms with Gasteiger partial charge >= 0.3 is 12.1 Å². The Kier molecular flexibility index (Phi) is 5.16. The van der Waals surface area contributed by atoms with Crippen molar-refractivity contribution in [3.63, 3.8) is 0 Å². The predicted octanol–water partition coefficient (Wildman–Crippen LogP) is 1.94. The molecule has 3 aromatic rings. The van der Waals surface area contributed by atoms with E-state index in [0.29, 0.717) is 11.1 Å². The first-order valence-corrected chi connectivity index (χ1v) is 7.54. The van der Waals surface area contributed by atoms with Gasteiger partial charge in [0.05, 0.1) is 13.7 Å². The summed E-state index contributed by atoms with van der Waals surface area (Å²) in [5.41, 5.74) is 1.03. The summed E-state index contributed by atoms with van der Waals surface area (Å²) in [6.07, 6.45) is -1.99. The van der Waals surface area contributed by atoms with E-state index in [1.807, 2.05) is 0 Å². The molecule has 2 heterocycles. The number of hydrogen-bond acceptors (Lipinski definition) is 7. The van der Waals surface area contributed by atoms with Crippen LogP contribution in [0.3, 0.4) is 0 Å². The van der Waals surface area contributed by atoms with E-state index in [9.17, 15) is 18.0 Å². The Morgan fingerprint density at radius 1 is 1.30 bits per heavy atom. The molecule has 0 bridgehead atoms. The van der Waals surface area contributed by atoms with Crippen molar-refractivity contribution < 1.29 is 27.3 Å². The smallest absolute Gasteiger partial charge is 0.329 e. The SMILES string of the molecule is CON(Cc1ccc(-c2noc(C(F)(F)F)n2)cc1)C(=O)Cn1cncn1. The minimum absolute atomic E-state index is 0.0466. The summed E-state index contributed by atoms with van der Waals surface area (Å²) in [7, 11) is 1.35. The van der Waals surface area contributed by atoms with Crippen molar-refractivity contribution in [3.8, 4) is 11.4 Å². The number of alkyl halides is 3. The molecule has 0 saturated carbocycles. The highest BCUT2D eigenvalue weighted by molar-refractivity contribution is 5.74. The summed E-state index contributed by atoms with van der Waals surface area (Å²) in [6.45, 7) is 0.0827. The highest BCUT2D eigenvalue weighted by atomic mass is 19.4. The molecule has 0 spiro atoms. The Morgan fingerprint density at radius 2 is 2.04 bits per heavy atom. The number of amides is 1. The second kappa shape index (κ2) is 7.53. The van der Waals surface area contributed by atoms with E-state index in [0.717, 1.165) is 5.06 Å². The maximum Gasteiger partial charge on any atom is 0.471 e. The van der Waals surface area contributed by atoms with Gasteiger partial charge in [-0.2, -0.15) is 23.3 Å². The van der Waals surface area contributed by atoms with Crippen LogP contribution in [0, 0.1) is 0 Å². The van der Waals surface area contributed by atoms with E-state index < -0.39 is 12.1 Å². The monoisotopic (exact) mass is 382 g/mol. The summed E-state index contributed by atoms with van der Waals surface area (Å²) in [6, 6.07) is 6.29. The lowest BCUT2D eigenvalue weighted by atomic mass is 10.1. The van der Waals surface area contributed by atoms with E-state index in [1.54, 1.807) is 12.1 Å². The van der Waals surface area contributed by atoms with Crippen LogP contribution in [0.1, 0.15) is 11.5 Å². The average molecular weight is 382 g/mol. The van der Waals surface area contributed by atoms with Crippen LogP contribution in [-0.2, 0) is 28.9 Å². The Bertz CT molecular complexity index is 892. The van der Waals surface area contributed by atoms with Crippen molar-refractivity contribution >= 4 is 5.91 Å². The third-order valence-electron chi connectivity index (χ3n) is 3.47.